The van der Waals surface area contributed by atoms with Crippen molar-refractivity contribution in [1.29, 1.82) is 5.26 Å². The molecule has 1 aromatic heterocycles. The molecule has 76 valence electrons. The maximum absolute atomic E-state index is 8.74. The number of hydrogen-bond donors (Lipinski definition) is 1. The van der Waals surface area contributed by atoms with E-state index in [0.29, 0.717) is 5.75 Å². The monoisotopic (exact) mass is 210 g/mol. The largest absolute Gasteiger partial charge is 0.313 e. The average Bonchev–Trinajstić information content (AvgIpc) is 2.42. The lowest BCUT2D eigenvalue weighted by atomic mass is 10.1. The molecule has 1 unspecified atom stereocenters. The maximum Gasteiger partial charge on any atom is 0.110 e. The third kappa shape index (κ3) is 2.76. The summed E-state index contributed by atoms with van der Waals surface area (Å²) in [5.74, 6) is 0.572. The second-order valence-corrected chi connectivity index (χ2v) is 4.56. The van der Waals surface area contributed by atoms with E-state index in [1.165, 1.54) is 0 Å². The summed E-state index contributed by atoms with van der Waals surface area (Å²) in [6, 6.07) is 4.05. The van der Waals surface area contributed by atoms with Crippen LogP contribution in [0.5, 0.6) is 0 Å². The van der Waals surface area contributed by atoms with Crippen molar-refractivity contribution in [2.75, 3.05) is 5.75 Å². The van der Waals surface area contributed by atoms with Crippen molar-refractivity contribution in [1.82, 2.24) is 9.78 Å². The van der Waals surface area contributed by atoms with Crippen LogP contribution in [0.25, 0.3) is 0 Å². The fourth-order valence-electron chi connectivity index (χ4n) is 0.978. The van der Waals surface area contributed by atoms with Crippen LogP contribution in [0.4, 0.5) is 0 Å². The molecule has 2 N–H and O–H groups in total. The molecule has 5 heteroatoms. The second-order valence-electron chi connectivity index (χ2n) is 3.57. The van der Waals surface area contributed by atoms with Gasteiger partial charge in [0, 0.05) is 12.8 Å². The fourth-order valence-corrected chi connectivity index (χ4v) is 1.97. The highest BCUT2D eigenvalue weighted by atomic mass is 32.2. The molecule has 0 saturated carbocycles. The van der Waals surface area contributed by atoms with Crippen molar-refractivity contribution in [2.45, 2.75) is 24.4 Å². The van der Waals surface area contributed by atoms with Gasteiger partial charge in [-0.1, -0.05) is 0 Å². The van der Waals surface area contributed by atoms with E-state index in [-0.39, 0.29) is 0 Å². The Morgan fingerprint density at radius 1 is 1.79 bits per heavy atom. The van der Waals surface area contributed by atoms with Crippen LogP contribution in [0.15, 0.2) is 11.1 Å². The van der Waals surface area contributed by atoms with Crippen LogP contribution >= 0.6 is 11.8 Å². The predicted octanol–water partition coefficient (Wildman–Crippen LogP) is 1.06. The van der Waals surface area contributed by atoms with E-state index in [9.17, 15) is 0 Å². The van der Waals surface area contributed by atoms with Crippen LogP contribution in [-0.4, -0.2) is 21.1 Å². The number of nitriles is 1. The van der Waals surface area contributed by atoms with Gasteiger partial charge in [0.15, 0.2) is 0 Å². The van der Waals surface area contributed by atoms with Gasteiger partial charge in [-0.25, -0.2) is 0 Å². The lowest BCUT2D eigenvalue weighted by molar-refractivity contribution is 0.670. The van der Waals surface area contributed by atoms with Crippen LogP contribution in [0.3, 0.4) is 0 Å². The zero-order chi connectivity index (χ0) is 10.8. The molecule has 0 bridgehead atoms. The number of nitrogens with two attached hydrogens (primary N) is 1. The topological polar surface area (TPSA) is 67.6 Å². The molecule has 0 aliphatic carbocycles. The summed E-state index contributed by atoms with van der Waals surface area (Å²) in [6.45, 7) is 3.67. The third-order valence-corrected chi connectivity index (χ3v) is 3.16. The minimum atomic E-state index is -0.775. The number of nitrogens with zero attached hydrogens (tertiary/aromatic N) is 3. The molecule has 1 aromatic rings. The van der Waals surface area contributed by atoms with E-state index >= 15 is 0 Å². The van der Waals surface area contributed by atoms with Gasteiger partial charge in [-0.2, -0.15) is 10.4 Å². The van der Waals surface area contributed by atoms with Gasteiger partial charge in [0.25, 0.3) is 0 Å². The lowest BCUT2D eigenvalue weighted by Crippen LogP contribution is -2.36. The molecule has 0 amide bonds. The van der Waals surface area contributed by atoms with Crippen LogP contribution in [-0.2, 0) is 7.05 Å². The Bertz CT molecular complexity index is 361. The maximum atomic E-state index is 8.74. The van der Waals surface area contributed by atoms with Gasteiger partial charge in [-0.05, 0) is 19.9 Å². The molecule has 0 aliphatic rings. The molecular weight excluding hydrogens is 196 g/mol. The number of rotatable bonds is 3. The van der Waals surface area contributed by atoms with E-state index < -0.39 is 5.54 Å². The van der Waals surface area contributed by atoms with Crippen molar-refractivity contribution < 1.29 is 0 Å². The van der Waals surface area contributed by atoms with E-state index in [0.717, 1.165) is 10.7 Å². The number of aryl methyl sites for hydroxylation is 2. The van der Waals surface area contributed by atoms with E-state index in [4.69, 9.17) is 11.0 Å². The lowest BCUT2D eigenvalue weighted by Gasteiger charge is -2.13. The molecule has 14 heavy (non-hydrogen) atoms. The van der Waals surface area contributed by atoms with Crippen molar-refractivity contribution in [2.24, 2.45) is 12.8 Å². The molecule has 0 aliphatic heterocycles. The highest BCUT2D eigenvalue weighted by Gasteiger charge is 2.18. The zero-order valence-corrected chi connectivity index (χ0v) is 9.43. The first-order valence-corrected chi connectivity index (χ1v) is 5.27. The summed E-state index contributed by atoms with van der Waals surface area (Å²) in [5, 5.41) is 14.0. The first-order valence-electron chi connectivity index (χ1n) is 4.28. The Morgan fingerprint density at radius 2 is 2.43 bits per heavy atom. The molecule has 1 rings (SSSR count). The molecule has 0 aromatic carbocycles. The normalized spacial score (nSPS) is 14.8. The Hall–Kier alpha value is -0.990. The Balaban J connectivity index is 2.63. The molecule has 4 nitrogen and oxygen atoms in total. The zero-order valence-electron chi connectivity index (χ0n) is 8.61. The average molecular weight is 210 g/mol. The minimum absolute atomic E-state index is 0.572. The molecule has 0 saturated heterocycles. The number of thioether (sulfide) groups is 1. The second kappa shape index (κ2) is 4.03. The van der Waals surface area contributed by atoms with Crippen LogP contribution in [0.1, 0.15) is 12.6 Å². The molecule has 0 fully saturated rings. The van der Waals surface area contributed by atoms with Crippen LogP contribution in [0, 0.1) is 18.3 Å². The smallest absolute Gasteiger partial charge is 0.110 e. The molecule has 0 spiro atoms. The first kappa shape index (κ1) is 11.1. The van der Waals surface area contributed by atoms with Crippen molar-refractivity contribution in [3.8, 4) is 6.07 Å². The first-order chi connectivity index (χ1) is 6.44. The quantitative estimate of drug-likeness (QED) is 0.757. The van der Waals surface area contributed by atoms with E-state index in [1.807, 2.05) is 20.0 Å². The van der Waals surface area contributed by atoms with Crippen LogP contribution in [0.2, 0.25) is 0 Å². The Kier molecular flexibility index (Phi) is 3.19. The summed E-state index contributed by atoms with van der Waals surface area (Å²) < 4.78 is 1.80. The Labute approximate surface area is 88.1 Å². The van der Waals surface area contributed by atoms with E-state index in [1.54, 1.807) is 23.4 Å². The fraction of sp³-hybridized carbons (Fsp3) is 0.556. The summed E-state index contributed by atoms with van der Waals surface area (Å²) in [4.78, 5) is 0. The van der Waals surface area contributed by atoms with Crippen molar-refractivity contribution in [3.63, 3.8) is 0 Å². The summed E-state index contributed by atoms with van der Waals surface area (Å²) in [5.41, 5.74) is 5.91. The summed E-state index contributed by atoms with van der Waals surface area (Å²) >= 11 is 1.55. The van der Waals surface area contributed by atoms with Gasteiger partial charge >= 0.3 is 0 Å². The minimum Gasteiger partial charge on any atom is -0.313 e. The van der Waals surface area contributed by atoms with Gasteiger partial charge in [-0.3, -0.25) is 4.68 Å². The molecule has 1 heterocycles. The third-order valence-electron chi connectivity index (χ3n) is 1.73. The van der Waals surface area contributed by atoms with Gasteiger partial charge in [0.2, 0.25) is 0 Å². The number of hydrogen-bond acceptors (Lipinski definition) is 4. The van der Waals surface area contributed by atoms with Gasteiger partial charge in [0.05, 0.1) is 16.8 Å². The summed E-state index contributed by atoms with van der Waals surface area (Å²) in [7, 11) is 1.88. The van der Waals surface area contributed by atoms with Gasteiger partial charge in [-0.15, -0.1) is 11.8 Å². The Morgan fingerprint density at radius 3 is 2.86 bits per heavy atom. The van der Waals surface area contributed by atoms with Gasteiger partial charge < -0.3 is 5.73 Å². The molecular formula is C9H14N4S. The summed E-state index contributed by atoms with van der Waals surface area (Å²) in [6.07, 6.45) is 0. The molecule has 1 atom stereocenters. The van der Waals surface area contributed by atoms with Crippen molar-refractivity contribution >= 4 is 11.8 Å². The van der Waals surface area contributed by atoms with Crippen LogP contribution < -0.4 is 5.73 Å². The molecule has 0 radical (unpaired) electrons. The van der Waals surface area contributed by atoms with Gasteiger partial charge in [0.1, 0.15) is 5.54 Å². The van der Waals surface area contributed by atoms with E-state index in [2.05, 4.69) is 11.2 Å². The number of aromatic nitrogens is 2. The standard InChI is InChI=1S/C9H14N4S/c1-7-4-8(13(3)12-7)14-6-9(2,11)5-10/h4H,6,11H2,1-3H3. The van der Waals surface area contributed by atoms with Crippen molar-refractivity contribution in [3.05, 3.63) is 11.8 Å². The highest BCUT2D eigenvalue weighted by molar-refractivity contribution is 7.99. The predicted molar refractivity (Wildman–Crippen MR) is 56.9 cm³/mol. The highest BCUT2D eigenvalue weighted by Crippen LogP contribution is 2.21. The SMILES string of the molecule is Cc1cc(SCC(C)(N)C#N)n(C)n1.